The standard InChI is InChI=1S/C66H41NS/c1-4-29-59-54(24-1)55-25-2-5-30-60(55)66(59)61-31-6-3-26-56(61)58-41-51(33-34-62(58)66)49-21-10-19-47(39-49)45-17-8-15-43(37-45)42-14-7-16-44(36-42)46-18-9-20-48(38-46)50-22-11-23-52(40-50)53-27-12-28-57-64-63(68-65(53)57)32-13-35-67-64/h1-41H. The Balaban J connectivity index is 0.777. The SMILES string of the molecule is c1cc(-c2cccc(-c3cccc(-c4ccc5c(c4)-c4ccccc4C54c5ccccc5-c5ccccc54)c3)c2)cc(-c2cccc(-c3cccc(-c4cccc5c4sc4cccnc45)c3)c2)c1. The molecule has 1 nitrogen and oxygen atoms in total. The third-order valence-electron chi connectivity index (χ3n) is 14.5. The van der Waals surface area contributed by atoms with Gasteiger partial charge in [0, 0.05) is 16.3 Å². The van der Waals surface area contributed by atoms with Gasteiger partial charge in [0.2, 0.25) is 0 Å². The molecule has 316 valence electrons. The van der Waals surface area contributed by atoms with Crippen molar-refractivity contribution in [3.05, 3.63) is 271 Å². The zero-order valence-electron chi connectivity index (χ0n) is 37.0. The van der Waals surface area contributed by atoms with E-state index in [1.54, 1.807) is 0 Å². The topological polar surface area (TPSA) is 12.9 Å². The van der Waals surface area contributed by atoms with Gasteiger partial charge in [-0.2, -0.15) is 0 Å². The van der Waals surface area contributed by atoms with E-state index in [0.717, 1.165) is 5.52 Å². The summed E-state index contributed by atoms with van der Waals surface area (Å²) in [5.74, 6) is 0. The molecular weight excluding hydrogens is 839 g/mol. The van der Waals surface area contributed by atoms with Crippen LogP contribution in [0.15, 0.2) is 249 Å². The molecule has 0 fully saturated rings. The van der Waals surface area contributed by atoms with Crippen molar-refractivity contribution in [1.82, 2.24) is 4.98 Å². The quantitative estimate of drug-likeness (QED) is 0.162. The summed E-state index contributed by atoms with van der Waals surface area (Å²) in [7, 11) is 0. The molecule has 14 rings (SSSR count). The van der Waals surface area contributed by atoms with Gasteiger partial charge in [0.25, 0.3) is 0 Å². The molecule has 0 saturated heterocycles. The van der Waals surface area contributed by atoms with Crippen LogP contribution in [0, 0.1) is 0 Å². The van der Waals surface area contributed by atoms with Gasteiger partial charge in [-0.3, -0.25) is 4.98 Å². The fourth-order valence-electron chi connectivity index (χ4n) is 11.5. The van der Waals surface area contributed by atoms with E-state index in [9.17, 15) is 0 Å². The molecule has 0 N–H and O–H groups in total. The Kier molecular flexibility index (Phi) is 8.74. The number of fused-ring (bicyclic) bond motifs is 13. The second-order valence-corrected chi connectivity index (χ2v) is 19.2. The van der Waals surface area contributed by atoms with Crippen LogP contribution in [0.25, 0.3) is 109 Å². The number of hydrogen-bond donors (Lipinski definition) is 0. The maximum absolute atomic E-state index is 4.71. The largest absolute Gasteiger partial charge is 0.255 e. The predicted octanol–water partition coefficient (Wildman–Crippen LogP) is 17.8. The summed E-state index contributed by atoms with van der Waals surface area (Å²) in [5.41, 5.74) is 26.0. The zero-order valence-corrected chi connectivity index (χ0v) is 37.8. The Bertz CT molecular complexity index is 3960. The Morgan fingerprint density at radius 2 is 0.662 bits per heavy atom. The van der Waals surface area contributed by atoms with Crippen molar-refractivity contribution in [3.8, 4) is 89.0 Å². The average molecular weight is 880 g/mol. The van der Waals surface area contributed by atoms with E-state index in [1.165, 1.54) is 126 Å². The van der Waals surface area contributed by atoms with Gasteiger partial charge in [-0.1, -0.05) is 194 Å². The minimum absolute atomic E-state index is 0.332. The van der Waals surface area contributed by atoms with Crippen LogP contribution in [0.5, 0.6) is 0 Å². The van der Waals surface area contributed by atoms with E-state index in [0.29, 0.717) is 0 Å². The van der Waals surface area contributed by atoms with Crippen LogP contribution >= 0.6 is 11.3 Å². The van der Waals surface area contributed by atoms with Crippen LogP contribution in [0.2, 0.25) is 0 Å². The van der Waals surface area contributed by atoms with Crippen LogP contribution in [-0.2, 0) is 5.41 Å². The lowest BCUT2D eigenvalue weighted by Gasteiger charge is -2.30. The molecule has 2 aromatic heterocycles. The van der Waals surface area contributed by atoms with E-state index in [4.69, 9.17) is 4.98 Å². The molecule has 0 bridgehead atoms. The van der Waals surface area contributed by atoms with Gasteiger partial charge in [0.05, 0.1) is 15.6 Å². The first-order chi connectivity index (χ1) is 33.7. The summed E-state index contributed by atoms with van der Waals surface area (Å²) in [6, 6.07) is 90.0. The van der Waals surface area contributed by atoms with Crippen LogP contribution in [-0.4, -0.2) is 4.98 Å². The lowest BCUT2D eigenvalue weighted by Crippen LogP contribution is -2.25. The van der Waals surface area contributed by atoms with Gasteiger partial charge in [-0.15, -0.1) is 11.3 Å². The Morgan fingerprint density at radius 1 is 0.279 bits per heavy atom. The number of thiophene rings is 1. The number of pyridine rings is 1. The molecule has 1 spiro atoms. The molecule has 2 aliphatic rings. The molecule has 10 aromatic carbocycles. The zero-order chi connectivity index (χ0) is 44.8. The van der Waals surface area contributed by atoms with Crippen LogP contribution < -0.4 is 0 Å². The third-order valence-corrected chi connectivity index (χ3v) is 15.7. The molecule has 2 aliphatic carbocycles. The molecule has 12 aromatic rings. The summed E-state index contributed by atoms with van der Waals surface area (Å²) in [6.45, 7) is 0. The van der Waals surface area contributed by atoms with Crippen molar-refractivity contribution in [1.29, 1.82) is 0 Å². The van der Waals surface area contributed by atoms with Gasteiger partial charge >= 0.3 is 0 Å². The maximum Gasteiger partial charge on any atom is 0.0888 e. The Hall–Kier alpha value is -8.43. The van der Waals surface area contributed by atoms with Crippen LogP contribution in [0.1, 0.15) is 22.3 Å². The average Bonchev–Trinajstić information content (AvgIpc) is 4.05. The smallest absolute Gasteiger partial charge is 0.0888 e. The maximum atomic E-state index is 4.71. The van der Waals surface area contributed by atoms with Gasteiger partial charge in [-0.05, 0) is 160 Å². The minimum Gasteiger partial charge on any atom is -0.255 e. The summed E-state index contributed by atoms with van der Waals surface area (Å²) in [5, 5.41) is 1.22. The fraction of sp³-hybridized carbons (Fsp3) is 0.0152. The van der Waals surface area contributed by atoms with Gasteiger partial charge in [-0.25, -0.2) is 0 Å². The molecule has 0 unspecified atom stereocenters. The molecule has 68 heavy (non-hydrogen) atoms. The number of hydrogen-bond acceptors (Lipinski definition) is 2. The van der Waals surface area contributed by atoms with Crippen molar-refractivity contribution >= 4 is 31.6 Å². The highest BCUT2D eigenvalue weighted by Gasteiger charge is 2.51. The van der Waals surface area contributed by atoms with E-state index >= 15 is 0 Å². The van der Waals surface area contributed by atoms with E-state index < -0.39 is 0 Å². The molecular formula is C66H41NS. The van der Waals surface area contributed by atoms with Crippen LogP contribution in [0.4, 0.5) is 0 Å². The highest BCUT2D eigenvalue weighted by atomic mass is 32.1. The number of benzene rings is 10. The summed E-state index contributed by atoms with van der Waals surface area (Å²) in [4.78, 5) is 4.71. The number of aromatic nitrogens is 1. The molecule has 0 saturated carbocycles. The van der Waals surface area contributed by atoms with Crippen molar-refractivity contribution in [2.24, 2.45) is 0 Å². The Labute approximate surface area is 400 Å². The van der Waals surface area contributed by atoms with E-state index in [2.05, 4.69) is 237 Å². The summed E-state index contributed by atoms with van der Waals surface area (Å²) >= 11 is 1.82. The van der Waals surface area contributed by atoms with Crippen LogP contribution in [0.3, 0.4) is 0 Å². The third kappa shape index (κ3) is 5.91. The lowest BCUT2D eigenvalue weighted by molar-refractivity contribution is 0.794. The second kappa shape index (κ2) is 15.3. The first-order valence-corrected chi connectivity index (χ1v) is 24.2. The van der Waals surface area contributed by atoms with E-state index in [-0.39, 0.29) is 5.41 Å². The second-order valence-electron chi connectivity index (χ2n) is 18.2. The lowest BCUT2D eigenvalue weighted by atomic mass is 9.70. The molecule has 0 aliphatic heterocycles. The van der Waals surface area contributed by atoms with Crippen molar-refractivity contribution < 1.29 is 0 Å². The number of nitrogens with zero attached hydrogens (tertiary/aromatic N) is 1. The molecule has 2 heteroatoms. The van der Waals surface area contributed by atoms with E-state index in [1.807, 2.05) is 23.6 Å². The first-order valence-electron chi connectivity index (χ1n) is 23.4. The normalized spacial score (nSPS) is 12.8. The predicted molar refractivity (Wildman–Crippen MR) is 286 cm³/mol. The summed E-state index contributed by atoms with van der Waals surface area (Å²) in [6.07, 6.45) is 1.89. The Morgan fingerprint density at radius 3 is 1.16 bits per heavy atom. The molecule has 0 radical (unpaired) electrons. The molecule has 0 atom stereocenters. The van der Waals surface area contributed by atoms with Crippen molar-refractivity contribution in [3.63, 3.8) is 0 Å². The molecule has 0 amide bonds. The van der Waals surface area contributed by atoms with Crippen molar-refractivity contribution in [2.45, 2.75) is 5.41 Å². The first kappa shape index (κ1) is 38.8. The van der Waals surface area contributed by atoms with Gasteiger partial charge < -0.3 is 0 Å². The number of rotatable bonds is 6. The van der Waals surface area contributed by atoms with Gasteiger partial charge in [0.15, 0.2) is 0 Å². The highest BCUT2D eigenvalue weighted by Crippen LogP contribution is 2.63. The highest BCUT2D eigenvalue weighted by molar-refractivity contribution is 7.26. The van der Waals surface area contributed by atoms with Gasteiger partial charge in [0.1, 0.15) is 0 Å². The summed E-state index contributed by atoms with van der Waals surface area (Å²) < 4.78 is 2.50. The molecule has 2 heterocycles. The minimum atomic E-state index is -0.332. The fourth-order valence-corrected chi connectivity index (χ4v) is 12.7. The monoisotopic (exact) mass is 879 g/mol. The van der Waals surface area contributed by atoms with Crippen molar-refractivity contribution in [2.75, 3.05) is 0 Å².